The average molecular weight is 421 g/mol. The van der Waals surface area contributed by atoms with E-state index < -0.39 is 0 Å². The number of nitrogens with one attached hydrogen (secondary N) is 1. The van der Waals surface area contributed by atoms with Gasteiger partial charge in [-0.2, -0.15) is 10.2 Å². The van der Waals surface area contributed by atoms with E-state index in [1.54, 1.807) is 6.20 Å². The van der Waals surface area contributed by atoms with E-state index in [4.69, 9.17) is 17.3 Å². The van der Waals surface area contributed by atoms with Crippen molar-refractivity contribution in [2.24, 2.45) is 11.7 Å². The van der Waals surface area contributed by atoms with Gasteiger partial charge in [0.25, 0.3) is 5.91 Å². The molecule has 4 rings (SSSR count). The zero-order valence-electron chi connectivity index (χ0n) is 17.0. The lowest BCUT2D eigenvalue weighted by Crippen LogP contribution is -2.24. The number of nitrogens with zero attached hydrogens (tertiary/aromatic N) is 2. The second-order valence-corrected chi connectivity index (χ2v) is 8.38. The largest absolute Gasteiger partial charge is 0.348 e. The Morgan fingerprint density at radius 2 is 1.97 bits per heavy atom. The number of aromatic nitrogens is 2. The normalized spacial score (nSPS) is 13.3. The Labute approximate surface area is 181 Å². The molecule has 1 fully saturated rings. The molecule has 0 bridgehead atoms. The van der Waals surface area contributed by atoms with E-state index in [0.717, 1.165) is 40.3 Å². The van der Waals surface area contributed by atoms with Crippen LogP contribution in [0, 0.1) is 12.8 Å². The minimum Gasteiger partial charge on any atom is -0.348 e. The van der Waals surface area contributed by atoms with E-state index in [9.17, 15) is 4.79 Å². The van der Waals surface area contributed by atoms with Crippen LogP contribution in [-0.4, -0.2) is 16.1 Å². The molecule has 0 spiro atoms. The second-order valence-electron chi connectivity index (χ2n) is 7.94. The molecule has 1 aromatic heterocycles. The van der Waals surface area contributed by atoms with Crippen molar-refractivity contribution in [3.8, 4) is 11.3 Å². The fraction of sp³-hybridized carbons (Fsp3) is 0.292. The highest BCUT2D eigenvalue weighted by Crippen LogP contribution is 2.35. The van der Waals surface area contributed by atoms with Gasteiger partial charge in [0.05, 0.1) is 5.69 Å². The van der Waals surface area contributed by atoms with Crippen LogP contribution in [0.15, 0.2) is 48.7 Å². The number of benzene rings is 2. The van der Waals surface area contributed by atoms with Crippen LogP contribution >= 0.6 is 11.6 Å². The van der Waals surface area contributed by atoms with Crippen molar-refractivity contribution in [2.75, 3.05) is 0 Å². The molecule has 0 unspecified atom stereocenters. The van der Waals surface area contributed by atoms with E-state index in [1.807, 2.05) is 43.3 Å². The smallest absolute Gasteiger partial charge is 0.251 e. The summed E-state index contributed by atoms with van der Waals surface area (Å²) in [6, 6.07) is 13.4. The Morgan fingerprint density at radius 1 is 1.13 bits per heavy atom. The second kappa shape index (κ2) is 8.94. The summed E-state index contributed by atoms with van der Waals surface area (Å²) in [7, 11) is 0. The van der Waals surface area contributed by atoms with Crippen molar-refractivity contribution in [1.82, 2.24) is 15.5 Å². The third-order valence-corrected chi connectivity index (χ3v) is 5.69. The van der Waals surface area contributed by atoms with Gasteiger partial charge in [-0.3, -0.25) is 4.79 Å². The highest BCUT2D eigenvalue weighted by Gasteiger charge is 2.23. The molecule has 0 radical (unpaired) electrons. The number of hydrogen-bond donors (Lipinski definition) is 2. The molecule has 0 saturated heterocycles. The summed E-state index contributed by atoms with van der Waals surface area (Å²) in [5.74, 6) is 0.602. The van der Waals surface area contributed by atoms with Crippen molar-refractivity contribution >= 4 is 17.5 Å². The van der Waals surface area contributed by atoms with Gasteiger partial charge in [-0.05, 0) is 90.8 Å². The van der Waals surface area contributed by atoms with Crippen molar-refractivity contribution in [1.29, 1.82) is 0 Å². The molecular weight excluding hydrogens is 396 g/mol. The van der Waals surface area contributed by atoms with Crippen molar-refractivity contribution in [3.05, 3.63) is 81.5 Å². The first-order valence-corrected chi connectivity index (χ1v) is 10.6. The lowest BCUT2D eigenvalue weighted by Gasteiger charge is -2.12. The number of halogens is 1. The number of carbonyl (C=O) groups is 1. The summed E-state index contributed by atoms with van der Waals surface area (Å²) in [5, 5.41) is 12.1. The lowest BCUT2D eigenvalue weighted by molar-refractivity contribution is 0.0951. The lowest BCUT2D eigenvalue weighted by atomic mass is 9.98. The highest BCUT2D eigenvalue weighted by atomic mass is 35.5. The molecule has 3 N–H and O–H groups in total. The van der Waals surface area contributed by atoms with Crippen LogP contribution in [0.3, 0.4) is 0 Å². The molecule has 5 nitrogen and oxygen atoms in total. The third kappa shape index (κ3) is 4.86. The van der Waals surface area contributed by atoms with Gasteiger partial charge < -0.3 is 11.1 Å². The Balaban J connectivity index is 1.56. The van der Waals surface area contributed by atoms with Crippen molar-refractivity contribution in [2.45, 2.75) is 39.3 Å². The molecule has 0 aliphatic heterocycles. The van der Waals surface area contributed by atoms with Gasteiger partial charge >= 0.3 is 0 Å². The van der Waals surface area contributed by atoms with Crippen LogP contribution in [0.25, 0.3) is 11.3 Å². The summed E-state index contributed by atoms with van der Waals surface area (Å²) >= 11 is 6.10. The zero-order chi connectivity index (χ0) is 21.1. The maximum atomic E-state index is 12.9. The van der Waals surface area contributed by atoms with Gasteiger partial charge in [0.2, 0.25) is 0 Å². The molecular formula is C24H25ClN4O. The quantitative estimate of drug-likeness (QED) is 0.591. The summed E-state index contributed by atoms with van der Waals surface area (Å²) < 4.78 is 0. The van der Waals surface area contributed by atoms with E-state index in [-0.39, 0.29) is 5.91 Å². The predicted octanol–water partition coefficient (Wildman–Crippen LogP) is 4.45. The number of nitrogens with two attached hydrogens (primary N) is 1. The number of rotatable bonds is 7. The monoisotopic (exact) mass is 420 g/mol. The van der Waals surface area contributed by atoms with Gasteiger partial charge in [-0.25, -0.2) is 0 Å². The molecule has 30 heavy (non-hydrogen) atoms. The van der Waals surface area contributed by atoms with Gasteiger partial charge in [0.15, 0.2) is 0 Å². The Bertz CT molecular complexity index is 1080. The molecule has 0 atom stereocenters. The highest BCUT2D eigenvalue weighted by molar-refractivity contribution is 6.30. The molecule has 154 valence electrons. The molecule has 3 aromatic rings. The summed E-state index contributed by atoms with van der Waals surface area (Å²) in [6.45, 7) is 2.75. The molecule has 1 amide bonds. The molecule has 1 saturated carbocycles. The van der Waals surface area contributed by atoms with E-state index >= 15 is 0 Å². The van der Waals surface area contributed by atoms with E-state index in [0.29, 0.717) is 23.7 Å². The van der Waals surface area contributed by atoms with Gasteiger partial charge in [0.1, 0.15) is 0 Å². The van der Waals surface area contributed by atoms with Crippen LogP contribution in [0.1, 0.15) is 45.5 Å². The van der Waals surface area contributed by atoms with E-state index in [2.05, 4.69) is 21.6 Å². The summed E-state index contributed by atoms with van der Waals surface area (Å²) in [4.78, 5) is 12.9. The van der Waals surface area contributed by atoms with Gasteiger partial charge in [0, 0.05) is 35.4 Å². The first-order valence-electron chi connectivity index (χ1n) is 10.2. The number of carbonyl (C=O) groups excluding carboxylic acids is 1. The fourth-order valence-corrected chi connectivity index (χ4v) is 3.88. The van der Waals surface area contributed by atoms with Crippen molar-refractivity contribution < 1.29 is 4.79 Å². The Kier molecular flexibility index (Phi) is 6.11. The maximum Gasteiger partial charge on any atom is 0.251 e. The van der Waals surface area contributed by atoms with Crippen molar-refractivity contribution in [3.63, 3.8) is 0 Å². The van der Waals surface area contributed by atoms with Gasteiger partial charge in [-0.15, -0.1) is 0 Å². The topological polar surface area (TPSA) is 80.9 Å². The maximum absolute atomic E-state index is 12.9. The fourth-order valence-electron chi connectivity index (χ4n) is 3.69. The number of hydrogen-bond acceptors (Lipinski definition) is 4. The first-order chi connectivity index (χ1) is 14.5. The van der Waals surface area contributed by atoms with Gasteiger partial charge in [-0.1, -0.05) is 17.7 Å². The molecule has 6 heteroatoms. The van der Waals surface area contributed by atoms with Crippen LogP contribution in [0.4, 0.5) is 0 Å². The predicted molar refractivity (Wildman–Crippen MR) is 119 cm³/mol. The number of amides is 1. The van der Waals surface area contributed by atoms with Crippen LogP contribution < -0.4 is 11.1 Å². The van der Waals surface area contributed by atoms with Crippen LogP contribution in [-0.2, 0) is 19.5 Å². The molecule has 1 aliphatic carbocycles. The minimum atomic E-state index is -0.143. The standard InChI is InChI=1S/C24H25ClN4O/c1-15-8-19(23-17(6-7-28-29-23)10-16-2-3-16)11-20(9-15)24(30)27-14-21-12-22(25)5-4-18(21)13-26/h4-9,11-12,16H,2-3,10,13-14,26H2,1H3,(H,27,30). The average Bonchev–Trinajstić information content (AvgIpc) is 3.56. The summed E-state index contributed by atoms with van der Waals surface area (Å²) in [6.07, 6.45) is 5.30. The third-order valence-electron chi connectivity index (χ3n) is 5.45. The SMILES string of the molecule is Cc1cc(C(=O)NCc2cc(Cl)ccc2CN)cc(-c2nnccc2CC2CC2)c1. The minimum absolute atomic E-state index is 0.143. The Morgan fingerprint density at radius 3 is 2.73 bits per heavy atom. The Hall–Kier alpha value is -2.76. The van der Waals surface area contributed by atoms with Crippen LogP contribution in [0.2, 0.25) is 5.02 Å². The molecule has 1 aliphatic rings. The van der Waals surface area contributed by atoms with Crippen LogP contribution in [0.5, 0.6) is 0 Å². The summed E-state index contributed by atoms with van der Waals surface area (Å²) in [5.41, 5.74) is 12.3. The molecule has 2 aromatic carbocycles. The first kappa shape index (κ1) is 20.5. The van der Waals surface area contributed by atoms with E-state index in [1.165, 1.54) is 18.4 Å². The zero-order valence-corrected chi connectivity index (χ0v) is 17.7. The number of aryl methyl sites for hydroxylation is 1. The molecule has 1 heterocycles.